The van der Waals surface area contributed by atoms with Gasteiger partial charge in [0.15, 0.2) is 0 Å². The van der Waals surface area contributed by atoms with E-state index in [1.54, 1.807) is 11.3 Å². The van der Waals surface area contributed by atoms with Gasteiger partial charge >= 0.3 is 0 Å². The smallest absolute Gasteiger partial charge is 0.110 e. The van der Waals surface area contributed by atoms with Gasteiger partial charge in [-0.2, -0.15) is 0 Å². The van der Waals surface area contributed by atoms with E-state index in [1.165, 1.54) is 37.5 Å². The molecule has 0 radical (unpaired) electrons. The molecule has 0 aromatic carbocycles. The molecule has 0 amide bonds. The van der Waals surface area contributed by atoms with E-state index < -0.39 is 0 Å². The lowest BCUT2D eigenvalue weighted by atomic mass is 10.3. The van der Waals surface area contributed by atoms with Crippen LogP contribution in [0.2, 0.25) is 0 Å². The molecule has 0 bridgehead atoms. The Hall–Kier alpha value is -0.160. The zero-order valence-corrected chi connectivity index (χ0v) is 12.8. The van der Waals surface area contributed by atoms with Crippen LogP contribution in [-0.4, -0.2) is 48.0 Å². The van der Waals surface area contributed by atoms with Gasteiger partial charge in [-0.1, -0.05) is 0 Å². The molecule has 3 nitrogen and oxygen atoms in total. The first-order valence-electron chi connectivity index (χ1n) is 6.63. The largest absolute Gasteiger partial charge is 0.302 e. The summed E-state index contributed by atoms with van der Waals surface area (Å²) in [6.45, 7) is 7.05. The fourth-order valence-corrected chi connectivity index (χ4v) is 3.43. The second-order valence-electron chi connectivity index (χ2n) is 5.02. The Kier molecular flexibility index (Phi) is 5.42. The molecule has 1 unspecified atom stereocenters. The Labute approximate surface area is 119 Å². The topological polar surface area (TPSA) is 19.4 Å². The highest BCUT2D eigenvalue weighted by Gasteiger charge is 2.17. The van der Waals surface area contributed by atoms with E-state index in [-0.39, 0.29) is 0 Å². The number of aromatic nitrogens is 1. The van der Waals surface area contributed by atoms with Crippen LogP contribution in [0.15, 0.2) is 5.38 Å². The highest BCUT2D eigenvalue weighted by Crippen LogP contribution is 2.23. The molecular weight excluding hydrogens is 266 g/mol. The van der Waals surface area contributed by atoms with Crippen molar-refractivity contribution < 1.29 is 0 Å². The maximum absolute atomic E-state index is 5.80. The average Bonchev–Trinajstić information content (AvgIpc) is 3.05. The summed E-state index contributed by atoms with van der Waals surface area (Å²) in [5, 5.41) is 3.24. The van der Waals surface area contributed by atoms with Crippen LogP contribution in [0.1, 0.15) is 36.5 Å². The quantitative estimate of drug-likeness (QED) is 0.750. The van der Waals surface area contributed by atoms with Crippen LogP contribution in [0.4, 0.5) is 0 Å². The van der Waals surface area contributed by atoms with Crippen molar-refractivity contribution in [3.05, 3.63) is 16.1 Å². The fourth-order valence-electron chi connectivity index (χ4n) is 2.26. The molecule has 1 saturated heterocycles. The summed E-state index contributed by atoms with van der Waals surface area (Å²) in [6, 6.07) is 0.384. The number of rotatable bonds is 6. The van der Waals surface area contributed by atoms with E-state index in [1.807, 2.05) is 0 Å². The van der Waals surface area contributed by atoms with Crippen LogP contribution in [0, 0.1) is 0 Å². The summed E-state index contributed by atoms with van der Waals surface area (Å²) < 4.78 is 0. The summed E-state index contributed by atoms with van der Waals surface area (Å²) in [5.41, 5.74) is 0.997. The van der Waals surface area contributed by atoms with Crippen molar-refractivity contribution in [2.24, 2.45) is 0 Å². The molecule has 0 saturated carbocycles. The molecular formula is C13H22ClN3S. The summed E-state index contributed by atoms with van der Waals surface area (Å²) in [4.78, 5) is 9.50. The van der Waals surface area contributed by atoms with Crippen LogP contribution in [-0.2, 0) is 5.88 Å². The third-order valence-corrected chi connectivity index (χ3v) is 5.03. The van der Waals surface area contributed by atoms with Gasteiger partial charge in [-0.25, -0.2) is 4.98 Å². The summed E-state index contributed by atoms with van der Waals surface area (Å²) in [6.07, 6.45) is 2.73. The number of thiazole rings is 1. The molecule has 0 N–H and O–H groups in total. The van der Waals surface area contributed by atoms with E-state index in [2.05, 4.69) is 34.1 Å². The SMILES string of the molecule is CC(c1nc(CCl)cs1)N(C)CCN1CCCC1. The van der Waals surface area contributed by atoms with Gasteiger partial charge < -0.3 is 4.90 Å². The summed E-state index contributed by atoms with van der Waals surface area (Å²) in [7, 11) is 2.18. The van der Waals surface area contributed by atoms with Gasteiger partial charge in [0.1, 0.15) is 5.01 Å². The number of likely N-dealkylation sites (tertiary alicyclic amines) is 1. The minimum atomic E-state index is 0.384. The van der Waals surface area contributed by atoms with Gasteiger partial charge in [0.2, 0.25) is 0 Å². The van der Waals surface area contributed by atoms with Gasteiger partial charge in [0, 0.05) is 18.5 Å². The average molecular weight is 288 g/mol. The van der Waals surface area contributed by atoms with Crippen LogP contribution in [0.5, 0.6) is 0 Å². The molecule has 0 aliphatic carbocycles. The predicted octanol–water partition coefficient (Wildman–Crippen LogP) is 2.97. The Morgan fingerprint density at radius 3 is 2.83 bits per heavy atom. The second-order valence-corrected chi connectivity index (χ2v) is 6.17. The number of alkyl halides is 1. The Morgan fingerprint density at radius 1 is 1.50 bits per heavy atom. The molecule has 1 atom stereocenters. The van der Waals surface area contributed by atoms with E-state index in [9.17, 15) is 0 Å². The number of hydrogen-bond acceptors (Lipinski definition) is 4. The molecule has 1 fully saturated rings. The minimum Gasteiger partial charge on any atom is -0.302 e. The van der Waals surface area contributed by atoms with Gasteiger partial charge in [-0.15, -0.1) is 22.9 Å². The lowest BCUT2D eigenvalue weighted by molar-refractivity contribution is 0.216. The second kappa shape index (κ2) is 6.85. The lowest BCUT2D eigenvalue weighted by Gasteiger charge is -2.25. The third-order valence-electron chi connectivity index (χ3n) is 3.69. The Morgan fingerprint density at radius 2 is 2.22 bits per heavy atom. The van der Waals surface area contributed by atoms with Gasteiger partial charge in [0.05, 0.1) is 17.6 Å². The number of nitrogens with zero attached hydrogens (tertiary/aromatic N) is 3. The van der Waals surface area contributed by atoms with Crippen molar-refractivity contribution in [2.45, 2.75) is 31.7 Å². The molecule has 1 aromatic rings. The maximum Gasteiger partial charge on any atom is 0.110 e. The van der Waals surface area contributed by atoms with E-state index in [0.717, 1.165) is 12.2 Å². The highest BCUT2D eigenvalue weighted by molar-refractivity contribution is 7.09. The Bertz CT molecular complexity index is 363. The van der Waals surface area contributed by atoms with E-state index >= 15 is 0 Å². The zero-order valence-electron chi connectivity index (χ0n) is 11.2. The van der Waals surface area contributed by atoms with Crippen LogP contribution in [0.25, 0.3) is 0 Å². The molecule has 102 valence electrons. The molecule has 1 aliphatic heterocycles. The van der Waals surface area contributed by atoms with Gasteiger partial charge in [0.25, 0.3) is 0 Å². The van der Waals surface area contributed by atoms with Crippen molar-refractivity contribution in [3.63, 3.8) is 0 Å². The molecule has 2 heterocycles. The maximum atomic E-state index is 5.80. The molecule has 18 heavy (non-hydrogen) atoms. The van der Waals surface area contributed by atoms with Crippen molar-refractivity contribution in [1.29, 1.82) is 0 Å². The van der Waals surface area contributed by atoms with Gasteiger partial charge in [-0.05, 0) is 39.9 Å². The molecule has 1 aromatic heterocycles. The van der Waals surface area contributed by atoms with Crippen LogP contribution in [0.3, 0.4) is 0 Å². The number of halogens is 1. The van der Waals surface area contributed by atoms with Crippen molar-refractivity contribution in [2.75, 3.05) is 33.2 Å². The molecule has 1 aliphatic rings. The summed E-state index contributed by atoms with van der Waals surface area (Å²) >= 11 is 7.51. The highest BCUT2D eigenvalue weighted by atomic mass is 35.5. The normalized spacial score (nSPS) is 18.7. The Balaban J connectivity index is 1.81. The number of hydrogen-bond donors (Lipinski definition) is 0. The summed E-state index contributed by atoms with van der Waals surface area (Å²) in [5.74, 6) is 0.515. The zero-order chi connectivity index (χ0) is 13.0. The van der Waals surface area contributed by atoms with Crippen LogP contribution < -0.4 is 0 Å². The fraction of sp³-hybridized carbons (Fsp3) is 0.769. The standard InChI is InChI=1S/C13H22ClN3S/c1-11(13-15-12(9-14)10-18-13)16(2)7-8-17-5-3-4-6-17/h10-11H,3-9H2,1-2H3. The van der Waals surface area contributed by atoms with Crippen molar-refractivity contribution >= 4 is 22.9 Å². The number of likely N-dealkylation sites (N-methyl/N-ethyl adjacent to an activating group) is 1. The van der Waals surface area contributed by atoms with Gasteiger partial charge in [-0.3, -0.25) is 4.90 Å². The first-order valence-corrected chi connectivity index (χ1v) is 8.05. The van der Waals surface area contributed by atoms with E-state index in [0.29, 0.717) is 11.9 Å². The molecule has 5 heteroatoms. The predicted molar refractivity (Wildman–Crippen MR) is 78.4 cm³/mol. The minimum absolute atomic E-state index is 0.384. The van der Waals surface area contributed by atoms with E-state index in [4.69, 9.17) is 11.6 Å². The lowest BCUT2D eigenvalue weighted by Crippen LogP contribution is -2.32. The van der Waals surface area contributed by atoms with Crippen molar-refractivity contribution in [3.8, 4) is 0 Å². The first-order chi connectivity index (χ1) is 8.70. The molecule has 2 rings (SSSR count). The van der Waals surface area contributed by atoms with Crippen molar-refractivity contribution in [1.82, 2.24) is 14.8 Å². The molecule has 0 spiro atoms. The van der Waals surface area contributed by atoms with Crippen LogP contribution >= 0.6 is 22.9 Å². The monoisotopic (exact) mass is 287 g/mol. The first kappa shape index (κ1) is 14.3. The third kappa shape index (κ3) is 3.67.